The van der Waals surface area contributed by atoms with E-state index in [-0.39, 0.29) is 23.4 Å². The highest BCUT2D eigenvalue weighted by atomic mass is 16.5. The highest BCUT2D eigenvalue weighted by Crippen LogP contribution is 2.20. The van der Waals surface area contributed by atoms with Crippen LogP contribution in [0.25, 0.3) is 0 Å². The number of likely N-dealkylation sites (tertiary alicyclic amines) is 2. The molecule has 2 heterocycles. The molecule has 0 radical (unpaired) electrons. The van der Waals surface area contributed by atoms with Gasteiger partial charge in [0.2, 0.25) is 0 Å². The van der Waals surface area contributed by atoms with Gasteiger partial charge in [-0.2, -0.15) is 5.26 Å². The van der Waals surface area contributed by atoms with Gasteiger partial charge in [0.05, 0.1) is 12.5 Å². The van der Waals surface area contributed by atoms with Crippen LogP contribution in [0.3, 0.4) is 0 Å². The first kappa shape index (κ1) is 16.3. The van der Waals surface area contributed by atoms with Crippen molar-refractivity contribution in [3.05, 3.63) is 11.8 Å². The Balaban J connectivity index is 1.91. The smallest absolute Gasteiger partial charge is 0.309 e. The van der Waals surface area contributed by atoms with Crippen molar-refractivity contribution in [1.82, 2.24) is 9.80 Å². The number of hydrogen-bond donors (Lipinski definition) is 0. The number of ether oxygens (including phenoxy) is 1. The van der Waals surface area contributed by atoms with E-state index in [0.29, 0.717) is 32.5 Å². The van der Waals surface area contributed by atoms with Crippen molar-refractivity contribution in [3.63, 3.8) is 0 Å². The minimum atomic E-state index is -0.225. The Morgan fingerprint density at radius 1 is 1.23 bits per heavy atom. The largest absolute Gasteiger partial charge is 0.466 e. The van der Waals surface area contributed by atoms with Crippen molar-refractivity contribution in [2.45, 2.75) is 32.6 Å². The van der Waals surface area contributed by atoms with E-state index in [4.69, 9.17) is 4.74 Å². The molecule has 0 aliphatic carbocycles. The molecule has 2 fully saturated rings. The Morgan fingerprint density at radius 2 is 1.86 bits per heavy atom. The molecule has 22 heavy (non-hydrogen) atoms. The van der Waals surface area contributed by atoms with E-state index in [1.807, 2.05) is 11.0 Å². The molecule has 2 aliphatic rings. The van der Waals surface area contributed by atoms with Gasteiger partial charge in [-0.15, -0.1) is 0 Å². The number of nitrogens with zero attached hydrogens (tertiary/aromatic N) is 3. The van der Waals surface area contributed by atoms with Crippen molar-refractivity contribution in [1.29, 1.82) is 5.26 Å². The van der Waals surface area contributed by atoms with Crippen LogP contribution >= 0.6 is 0 Å². The van der Waals surface area contributed by atoms with Gasteiger partial charge in [-0.3, -0.25) is 9.59 Å². The molecule has 6 nitrogen and oxygen atoms in total. The number of piperidine rings is 1. The maximum Gasteiger partial charge on any atom is 0.309 e. The van der Waals surface area contributed by atoms with Crippen molar-refractivity contribution >= 4 is 11.9 Å². The summed E-state index contributed by atoms with van der Waals surface area (Å²) in [5.74, 6) is -0.531. The first-order valence-electron chi connectivity index (χ1n) is 7.97. The van der Waals surface area contributed by atoms with Gasteiger partial charge in [-0.1, -0.05) is 0 Å². The van der Waals surface area contributed by atoms with E-state index in [9.17, 15) is 14.9 Å². The lowest BCUT2D eigenvalue weighted by molar-refractivity contribution is -0.150. The third-order valence-electron chi connectivity index (χ3n) is 4.21. The maximum atomic E-state index is 12.4. The number of esters is 1. The highest BCUT2D eigenvalue weighted by Gasteiger charge is 2.29. The summed E-state index contributed by atoms with van der Waals surface area (Å²) < 4.78 is 5.02. The molecule has 0 bridgehead atoms. The first-order valence-corrected chi connectivity index (χ1v) is 7.97. The fourth-order valence-corrected chi connectivity index (χ4v) is 2.93. The number of carbonyl (C=O) groups is 2. The van der Waals surface area contributed by atoms with Crippen molar-refractivity contribution in [2.75, 3.05) is 32.8 Å². The molecule has 1 amide bonds. The van der Waals surface area contributed by atoms with Crippen LogP contribution in [0.1, 0.15) is 32.6 Å². The van der Waals surface area contributed by atoms with E-state index in [1.54, 1.807) is 18.0 Å². The van der Waals surface area contributed by atoms with Gasteiger partial charge >= 0.3 is 5.97 Å². The standard InChI is InChI=1S/C16H23N3O3/c1-2-22-16(21)13-5-9-19(10-6-13)15(20)14(11-17)12-18-7-3-4-8-18/h12-13H,2-10H2,1H3/b14-12-. The Kier molecular flexibility index (Phi) is 5.82. The van der Waals surface area contributed by atoms with Crippen LogP contribution in [0.2, 0.25) is 0 Å². The average Bonchev–Trinajstić information content (AvgIpc) is 3.05. The molecule has 2 saturated heterocycles. The highest BCUT2D eigenvalue weighted by molar-refractivity contribution is 5.97. The Labute approximate surface area is 131 Å². The Hall–Kier alpha value is -2.03. The van der Waals surface area contributed by atoms with Gasteiger partial charge in [0.15, 0.2) is 0 Å². The lowest BCUT2D eigenvalue weighted by Gasteiger charge is -2.30. The zero-order valence-corrected chi connectivity index (χ0v) is 13.1. The third-order valence-corrected chi connectivity index (χ3v) is 4.21. The lowest BCUT2D eigenvalue weighted by Crippen LogP contribution is -2.41. The maximum absolute atomic E-state index is 12.4. The molecule has 0 atom stereocenters. The molecule has 0 saturated carbocycles. The normalized spacial score (nSPS) is 19.9. The summed E-state index contributed by atoms with van der Waals surface area (Å²) in [5, 5.41) is 9.23. The summed E-state index contributed by atoms with van der Waals surface area (Å²) in [6.07, 6.45) is 5.11. The van der Waals surface area contributed by atoms with Gasteiger partial charge in [0, 0.05) is 32.4 Å². The summed E-state index contributed by atoms with van der Waals surface area (Å²) in [5.41, 5.74) is 0.191. The second-order valence-electron chi connectivity index (χ2n) is 5.72. The van der Waals surface area contributed by atoms with Gasteiger partial charge in [-0.25, -0.2) is 0 Å². The van der Waals surface area contributed by atoms with Gasteiger partial charge in [-0.05, 0) is 32.6 Å². The Morgan fingerprint density at radius 3 is 2.41 bits per heavy atom. The number of carbonyl (C=O) groups excluding carboxylic acids is 2. The van der Waals surface area contributed by atoms with Gasteiger partial charge in [0.25, 0.3) is 5.91 Å². The van der Waals surface area contributed by atoms with E-state index >= 15 is 0 Å². The molecule has 0 aromatic carbocycles. The summed E-state index contributed by atoms with van der Waals surface area (Å²) >= 11 is 0. The average molecular weight is 305 g/mol. The molecule has 0 N–H and O–H groups in total. The predicted molar refractivity (Wildman–Crippen MR) is 80.4 cm³/mol. The first-order chi connectivity index (χ1) is 10.7. The van der Waals surface area contributed by atoms with Crippen LogP contribution in [-0.2, 0) is 14.3 Å². The summed E-state index contributed by atoms with van der Waals surface area (Å²) in [6.45, 7) is 4.99. The zero-order chi connectivity index (χ0) is 15.9. The third kappa shape index (κ3) is 4.00. The Bertz CT molecular complexity index is 481. The van der Waals surface area contributed by atoms with Gasteiger partial charge in [0.1, 0.15) is 11.6 Å². The van der Waals surface area contributed by atoms with Crippen LogP contribution in [0.15, 0.2) is 11.8 Å². The fourth-order valence-electron chi connectivity index (χ4n) is 2.93. The summed E-state index contributed by atoms with van der Waals surface area (Å²) in [7, 11) is 0. The summed E-state index contributed by atoms with van der Waals surface area (Å²) in [6, 6.07) is 2.02. The van der Waals surface area contributed by atoms with E-state index < -0.39 is 0 Å². The molecule has 0 spiro atoms. The molecule has 0 unspecified atom stereocenters. The molecule has 0 aromatic rings. The fraction of sp³-hybridized carbons (Fsp3) is 0.688. The van der Waals surface area contributed by atoms with Crippen LogP contribution in [0, 0.1) is 17.2 Å². The molecular weight excluding hydrogens is 282 g/mol. The predicted octanol–water partition coefficient (Wildman–Crippen LogP) is 1.29. The SMILES string of the molecule is CCOC(=O)C1CCN(C(=O)/C(C#N)=C\N2CCCC2)CC1. The van der Waals surface area contributed by atoms with E-state index in [1.165, 1.54) is 0 Å². The number of amides is 1. The number of hydrogen-bond acceptors (Lipinski definition) is 5. The van der Waals surface area contributed by atoms with Gasteiger partial charge < -0.3 is 14.5 Å². The molecule has 6 heteroatoms. The topological polar surface area (TPSA) is 73.6 Å². The van der Waals surface area contributed by atoms with Crippen LogP contribution < -0.4 is 0 Å². The minimum absolute atomic E-state index is 0.128. The minimum Gasteiger partial charge on any atom is -0.466 e. The van der Waals surface area contributed by atoms with Crippen LogP contribution in [-0.4, -0.2) is 54.5 Å². The molecular formula is C16H23N3O3. The second kappa shape index (κ2) is 7.83. The second-order valence-corrected chi connectivity index (χ2v) is 5.72. The molecule has 2 aliphatic heterocycles. The van der Waals surface area contributed by atoms with Crippen molar-refractivity contribution < 1.29 is 14.3 Å². The number of rotatable bonds is 4. The molecule has 120 valence electrons. The lowest BCUT2D eigenvalue weighted by atomic mass is 9.96. The van der Waals surface area contributed by atoms with E-state index in [2.05, 4.69) is 0 Å². The molecule has 0 aromatic heterocycles. The number of nitriles is 1. The quantitative estimate of drug-likeness (QED) is 0.444. The zero-order valence-electron chi connectivity index (χ0n) is 13.1. The van der Waals surface area contributed by atoms with Crippen LogP contribution in [0.5, 0.6) is 0 Å². The van der Waals surface area contributed by atoms with Crippen LogP contribution in [0.4, 0.5) is 0 Å². The van der Waals surface area contributed by atoms with E-state index in [0.717, 1.165) is 25.9 Å². The van der Waals surface area contributed by atoms with Crippen molar-refractivity contribution in [3.8, 4) is 6.07 Å². The summed E-state index contributed by atoms with van der Waals surface area (Å²) in [4.78, 5) is 27.8. The molecule has 2 rings (SSSR count). The monoisotopic (exact) mass is 305 g/mol. The van der Waals surface area contributed by atoms with Crippen molar-refractivity contribution in [2.24, 2.45) is 5.92 Å².